The van der Waals surface area contributed by atoms with Crippen molar-refractivity contribution in [3.63, 3.8) is 0 Å². The van der Waals surface area contributed by atoms with Gasteiger partial charge in [-0.25, -0.2) is 0 Å². The average Bonchev–Trinajstić information content (AvgIpc) is 2.66. The molecule has 0 amide bonds. The first-order valence-corrected chi connectivity index (χ1v) is 6.90. The van der Waals surface area contributed by atoms with Crippen LogP contribution in [-0.2, 0) is 4.74 Å². The summed E-state index contributed by atoms with van der Waals surface area (Å²) < 4.78 is 5.90. The first-order valence-electron chi connectivity index (χ1n) is 5.92. The number of hydrogen-bond donors (Lipinski definition) is 1. The molecule has 2 nitrogen and oxygen atoms in total. The van der Waals surface area contributed by atoms with Gasteiger partial charge in [-0.05, 0) is 24.5 Å². The number of nitrogens with two attached hydrogens (primary N) is 1. The van der Waals surface area contributed by atoms with Crippen LogP contribution < -0.4 is 5.73 Å². The van der Waals surface area contributed by atoms with Gasteiger partial charge in [0.2, 0.25) is 0 Å². The monoisotopic (exact) mass is 235 g/mol. The van der Waals surface area contributed by atoms with Gasteiger partial charge < -0.3 is 10.5 Å². The Morgan fingerprint density at radius 3 is 2.94 bits per heavy atom. The van der Waals surface area contributed by atoms with E-state index in [9.17, 15) is 0 Å². The van der Waals surface area contributed by atoms with Crippen molar-refractivity contribution in [2.24, 2.45) is 5.73 Å². The molecular formula is C13H17NOS. The lowest BCUT2D eigenvalue weighted by Gasteiger charge is -2.33. The van der Waals surface area contributed by atoms with E-state index in [1.54, 1.807) is 0 Å². The fraction of sp³-hybridized carbons (Fsp3) is 0.538. The molecule has 3 heteroatoms. The van der Waals surface area contributed by atoms with E-state index in [1.165, 1.54) is 10.5 Å². The van der Waals surface area contributed by atoms with Crippen molar-refractivity contribution in [2.45, 2.75) is 35.8 Å². The summed E-state index contributed by atoms with van der Waals surface area (Å²) >= 11 is 1.95. The van der Waals surface area contributed by atoms with Gasteiger partial charge in [0.1, 0.15) is 0 Å². The minimum absolute atomic E-state index is 0.384. The van der Waals surface area contributed by atoms with Gasteiger partial charge in [-0.3, -0.25) is 0 Å². The normalized spacial score (nSPS) is 32.2. The van der Waals surface area contributed by atoms with Crippen molar-refractivity contribution in [2.75, 3.05) is 12.4 Å². The second kappa shape index (κ2) is 4.40. The van der Waals surface area contributed by atoms with Gasteiger partial charge in [0.15, 0.2) is 0 Å². The molecule has 1 aliphatic carbocycles. The SMILES string of the molecule is NC1CC(OCC2CSc3ccccc32)C1. The predicted octanol–water partition coefficient (Wildman–Crippen LogP) is 2.38. The summed E-state index contributed by atoms with van der Waals surface area (Å²) in [5.74, 6) is 1.75. The van der Waals surface area contributed by atoms with Gasteiger partial charge in [-0.1, -0.05) is 18.2 Å². The van der Waals surface area contributed by atoms with Crippen LogP contribution in [0.5, 0.6) is 0 Å². The Hall–Kier alpha value is -0.510. The molecule has 3 rings (SSSR count). The Bertz CT molecular complexity index is 376. The van der Waals surface area contributed by atoms with Crippen LogP contribution >= 0.6 is 11.8 Å². The second-order valence-electron chi connectivity index (χ2n) is 4.73. The van der Waals surface area contributed by atoms with Gasteiger partial charge in [0.05, 0.1) is 12.7 Å². The van der Waals surface area contributed by atoms with Crippen LogP contribution in [0.3, 0.4) is 0 Å². The maximum atomic E-state index is 5.90. The third-order valence-corrected chi connectivity index (χ3v) is 4.72. The summed E-state index contributed by atoms with van der Waals surface area (Å²) in [6.07, 6.45) is 2.51. The van der Waals surface area contributed by atoms with E-state index in [-0.39, 0.29) is 0 Å². The van der Waals surface area contributed by atoms with Crippen molar-refractivity contribution < 1.29 is 4.74 Å². The van der Waals surface area contributed by atoms with Crippen LogP contribution in [0.1, 0.15) is 24.3 Å². The molecule has 1 atom stereocenters. The highest BCUT2D eigenvalue weighted by molar-refractivity contribution is 7.99. The number of benzene rings is 1. The van der Waals surface area contributed by atoms with E-state index in [4.69, 9.17) is 10.5 Å². The summed E-state index contributed by atoms with van der Waals surface area (Å²) in [5, 5.41) is 0. The summed E-state index contributed by atoms with van der Waals surface area (Å²) in [7, 11) is 0. The molecule has 0 aromatic heterocycles. The Morgan fingerprint density at radius 1 is 1.31 bits per heavy atom. The molecule has 1 aromatic carbocycles. The smallest absolute Gasteiger partial charge is 0.0605 e. The first-order chi connectivity index (χ1) is 7.83. The fourth-order valence-corrected chi connectivity index (χ4v) is 3.59. The number of hydrogen-bond acceptors (Lipinski definition) is 3. The van der Waals surface area contributed by atoms with E-state index >= 15 is 0 Å². The van der Waals surface area contributed by atoms with Crippen LogP contribution in [0.2, 0.25) is 0 Å². The predicted molar refractivity (Wildman–Crippen MR) is 66.9 cm³/mol. The van der Waals surface area contributed by atoms with Crippen LogP contribution in [0.4, 0.5) is 0 Å². The average molecular weight is 235 g/mol. The largest absolute Gasteiger partial charge is 0.377 e. The lowest BCUT2D eigenvalue weighted by Crippen LogP contribution is -2.42. The summed E-state index contributed by atoms with van der Waals surface area (Å²) in [5.41, 5.74) is 7.21. The minimum atomic E-state index is 0.384. The number of thioether (sulfide) groups is 1. The Morgan fingerprint density at radius 2 is 2.12 bits per heavy atom. The van der Waals surface area contributed by atoms with Crippen LogP contribution in [0.25, 0.3) is 0 Å². The molecular weight excluding hydrogens is 218 g/mol. The standard InChI is InChI=1S/C13H17NOS/c14-10-5-11(6-10)15-7-9-8-16-13-4-2-1-3-12(9)13/h1-4,9-11H,5-8,14H2. The van der Waals surface area contributed by atoms with E-state index in [1.807, 2.05) is 11.8 Å². The van der Waals surface area contributed by atoms with Crippen molar-refractivity contribution in [1.82, 2.24) is 0 Å². The molecule has 0 bridgehead atoms. The molecule has 1 saturated carbocycles. The van der Waals surface area contributed by atoms with Gasteiger partial charge in [-0.2, -0.15) is 0 Å². The van der Waals surface area contributed by atoms with Crippen molar-refractivity contribution in [1.29, 1.82) is 0 Å². The quantitative estimate of drug-likeness (QED) is 0.873. The Labute approximate surface area is 101 Å². The second-order valence-corrected chi connectivity index (χ2v) is 5.79. The summed E-state index contributed by atoms with van der Waals surface area (Å²) in [6.45, 7) is 0.863. The molecule has 0 saturated heterocycles. The van der Waals surface area contributed by atoms with E-state index in [0.29, 0.717) is 18.1 Å². The molecule has 1 aliphatic heterocycles. The number of fused-ring (bicyclic) bond motifs is 1. The molecule has 1 fully saturated rings. The topological polar surface area (TPSA) is 35.2 Å². The summed E-state index contributed by atoms with van der Waals surface area (Å²) in [4.78, 5) is 1.43. The Balaban J connectivity index is 1.57. The zero-order chi connectivity index (χ0) is 11.0. The van der Waals surface area contributed by atoms with Crippen molar-refractivity contribution in [3.05, 3.63) is 29.8 Å². The van der Waals surface area contributed by atoms with Crippen LogP contribution in [0.15, 0.2) is 29.2 Å². The van der Waals surface area contributed by atoms with Crippen LogP contribution in [0, 0.1) is 0 Å². The van der Waals surface area contributed by atoms with Crippen molar-refractivity contribution >= 4 is 11.8 Å². The highest BCUT2D eigenvalue weighted by Crippen LogP contribution is 2.39. The molecule has 2 N–H and O–H groups in total. The molecule has 2 aliphatic rings. The maximum absolute atomic E-state index is 5.90. The fourth-order valence-electron chi connectivity index (χ4n) is 2.36. The zero-order valence-corrected chi connectivity index (χ0v) is 10.1. The molecule has 86 valence electrons. The lowest BCUT2D eigenvalue weighted by atomic mass is 9.90. The molecule has 0 radical (unpaired) electrons. The van der Waals surface area contributed by atoms with Gasteiger partial charge in [0.25, 0.3) is 0 Å². The maximum Gasteiger partial charge on any atom is 0.0605 e. The first kappa shape index (κ1) is 10.6. The van der Waals surface area contributed by atoms with Gasteiger partial charge in [-0.15, -0.1) is 11.8 Å². The van der Waals surface area contributed by atoms with E-state index < -0.39 is 0 Å². The molecule has 0 spiro atoms. The van der Waals surface area contributed by atoms with Gasteiger partial charge >= 0.3 is 0 Å². The van der Waals surface area contributed by atoms with Crippen molar-refractivity contribution in [3.8, 4) is 0 Å². The molecule has 1 unspecified atom stereocenters. The highest BCUT2D eigenvalue weighted by atomic mass is 32.2. The Kier molecular flexibility index (Phi) is 2.92. The third-order valence-electron chi connectivity index (χ3n) is 3.46. The molecule has 16 heavy (non-hydrogen) atoms. The number of ether oxygens (including phenoxy) is 1. The van der Waals surface area contributed by atoms with E-state index in [2.05, 4.69) is 24.3 Å². The lowest BCUT2D eigenvalue weighted by molar-refractivity contribution is -0.0129. The third kappa shape index (κ3) is 1.99. The van der Waals surface area contributed by atoms with Crippen LogP contribution in [-0.4, -0.2) is 24.5 Å². The molecule has 1 heterocycles. The minimum Gasteiger partial charge on any atom is -0.377 e. The van der Waals surface area contributed by atoms with Gasteiger partial charge in [0, 0.05) is 22.6 Å². The zero-order valence-electron chi connectivity index (χ0n) is 9.26. The highest BCUT2D eigenvalue weighted by Gasteiger charge is 2.29. The number of rotatable bonds is 3. The molecule has 1 aromatic rings. The summed E-state index contributed by atoms with van der Waals surface area (Å²) in [6, 6.07) is 9.06. The van der Waals surface area contributed by atoms with E-state index in [0.717, 1.165) is 25.2 Å².